The summed E-state index contributed by atoms with van der Waals surface area (Å²) in [5.74, 6) is -0.809. The summed E-state index contributed by atoms with van der Waals surface area (Å²) >= 11 is 5.98. The lowest BCUT2D eigenvalue weighted by Crippen LogP contribution is -2.42. The van der Waals surface area contributed by atoms with Crippen molar-refractivity contribution in [1.82, 2.24) is 20.6 Å². The number of amides is 2. The molecule has 0 spiro atoms. The normalized spacial score (nSPS) is 10.5. The average Bonchev–Trinajstić information content (AvgIpc) is 2.95. The van der Waals surface area contributed by atoms with Gasteiger partial charge in [0.15, 0.2) is 0 Å². The molecule has 1 aromatic heterocycles. The number of hydrogen-bond donors (Lipinski definition) is 2. The summed E-state index contributed by atoms with van der Waals surface area (Å²) in [6.07, 6.45) is 0.104. The second kappa shape index (κ2) is 8.05. The number of nitrogens with zero attached hydrogens (tertiary/aromatic N) is 2. The number of para-hydroxylation sites is 1. The van der Waals surface area contributed by atoms with Crippen LogP contribution in [0.4, 0.5) is 0 Å². The molecular weight excluding hydrogens is 364 g/mol. The molecule has 2 N–H and O–H groups in total. The molecule has 0 bridgehead atoms. The predicted octanol–water partition coefficient (Wildman–Crippen LogP) is 3.15. The molecule has 0 atom stereocenters. The van der Waals surface area contributed by atoms with E-state index < -0.39 is 5.91 Å². The first-order valence-electron chi connectivity index (χ1n) is 8.41. The smallest absolute Gasteiger partial charge is 0.271 e. The van der Waals surface area contributed by atoms with Crippen LogP contribution in [0.5, 0.6) is 0 Å². The number of benzene rings is 2. The molecule has 7 heteroatoms. The van der Waals surface area contributed by atoms with Gasteiger partial charge in [-0.2, -0.15) is 5.10 Å². The molecule has 3 rings (SSSR count). The van der Waals surface area contributed by atoms with E-state index in [-0.39, 0.29) is 12.3 Å². The van der Waals surface area contributed by atoms with E-state index in [1.54, 1.807) is 28.9 Å². The van der Waals surface area contributed by atoms with Crippen LogP contribution in [0.1, 0.15) is 27.3 Å². The minimum absolute atomic E-state index is 0.104. The van der Waals surface area contributed by atoms with Gasteiger partial charge in [0.05, 0.1) is 28.4 Å². The van der Waals surface area contributed by atoms with E-state index in [2.05, 4.69) is 16.0 Å². The molecule has 138 valence electrons. The monoisotopic (exact) mass is 382 g/mol. The zero-order valence-electron chi connectivity index (χ0n) is 15.0. The van der Waals surface area contributed by atoms with E-state index >= 15 is 0 Å². The van der Waals surface area contributed by atoms with Gasteiger partial charge in [-0.25, -0.2) is 4.68 Å². The van der Waals surface area contributed by atoms with Gasteiger partial charge in [0.1, 0.15) is 0 Å². The van der Waals surface area contributed by atoms with Crippen molar-refractivity contribution in [2.75, 3.05) is 0 Å². The van der Waals surface area contributed by atoms with E-state index in [9.17, 15) is 9.59 Å². The fourth-order valence-corrected chi connectivity index (χ4v) is 3.02. The van der Waals surface area contributed by atoms with Crippen molar-refractivity contribution in [2.45, 2.75) is 20.3 Å². The molecule has 0 aliphatic heterocycles. The van der Waals surface area contributed by atoms with Crippen LogP contribution in [0.2, 0.25) is 5.02 Å². The van der Waals surface area contributed by atoms with E-state index in [1.807, 2.05) is 44.2 Å². The van der Waals surface area contributed by atoms with Crippen molar-refractivity contribution in [3.05, 3.63) is 82.1 Å². The number of aryl methyl sites for hydroxylation is 1. The molecule has 27 heavy (non-hydrogen) atoms. The molecule has 0 aliphatic carbocycles. The highest BCUT2D eigenvalue weighted by molar-refractivity contribution is 6.33. The Labute approximate surface area is 162 Å². The molecular formula is C20H19ClN4O2. The topological polar surface area (TPSA) is 76.0 Å². The Bertz CT molecular complexity index is 983. The molecule has 2 amide bonds. The van der Waals surface area contributed by atoms with Crippen LogP contribution in [0.15, 0.2) is 54.6 Å². The SMILES string of the molecule is Cc1nn(-c2ccccc2)c(C)c1CC(=O)NNC(=O)c1ccccc1Cl. The van der Waals surface area contributed by atoms with Gasteiger partial charge in [-0.1, -0.05) is 41.9 Å². The van der Waals surface area contributed by atoms with Crippen LogP contribution in [0, 0.1) is 13.8 Å². The summed E-state index contributed by atoms with van der Waals surface area (Å²) < 4.78 is 1.81. The van der Waals surface area contributed by atoms with Crippen molar-refractivity contribution in [2.24, 2.45) is 0 Å². The number of hydrazine groups is 1. The summed E-state index contributed by atoms with van der Waals surface area (Å²) in [5, 5.41) is 4.84. The highest BCUT2D eigenvalue weighted by Crippen LogP contribution is 2.18. The maximum absolute atomic E-state index is 12.3. The molecule has 0 radical (unpaired) electrons. The molecule has 6 nitrogen and oxygen atoms in total. The average molecular weight is 383 g/mol. The van der Waals surface area contributed by atoms with E-state index in [1.165, 1.54) is 0 Å². The minimum Gasteiger partial charge on any atom is -0.273 e. The quantitative estimate of drug-likeness (QED) is 0.680. The molecule has 2 aromatic carbocycles. The third-order valence-electron chi connectivity index (χ3n) is 4.21. The summed E-state index contributed by atoms with van der Waals surface area (Å²) in [5.41, 5.74) is 8.51. The van der Waals surface area contributed by atoms with Crippen molar-refractivity contribution in [3.8, 4) is 5.69 Å². The van der Waals surface area contributed by atoms with Gasteiger partial charge in [0.2, 0.25) is 5.91 Å². The lowest BCUT2D eigenvalue weighted by Gasteiger charge is -2.09. The van der Waals surface area contributed by atoms with Gasteiger partial charge in [-0.05, 0) is 38.1 Å². The third kappa shape index (κ3) is 4.17. The van der Waals surface area contributed by atoms with Crippen molar-refractivity contribution in [1.29, 1.82) is 0 Å². The highest BCUT2D eigenvalue weighted by atomic mass is 35.5. The predicted molar refractivity (Wildman–Crippen MR) is 104 cm³/mol. The molecule has 0 saturated carbocycles. The fourth-order valence-electron chi connectivity index (χ4n) is 2.80. The lowest BCUT2D eigenvalue weighted by atomic mass is 10.1. The Morgan fingerprint density at radius 1 is 1.00 bits per heavy atom. The summed E-state index contributed by atoms with van der Waals surface area (Å²) in [6.45, 7) is 3.77. The van der Waals surface area contributed by atoms with Gasteiger partial charge >= 0.3 is 0 Å². The van der Waals surface area contributed by atoms with Crippen LogP contribution in [0.25, 0.3) is 5.69 Å². The van der Waals surface area contributed by atoms with Gasteiger partial charge in [-0.15, -0.1) is 0 Å². The first kappa shape index (κ1) is 18.7. The number of halogens is 1. The Kier molecular flexibility index (Phi) is 5.57. The molecule has 0 aliphatic rings. The minimum atomic E-state index is -0.470. The lowest BCUT2D eigenvalue weighted by molar-refractivity contribution is -0.121. The molecule has 3 aromatic rings. The van der Waals surface area contributed by atoms with Gasteiger partial charge in [-0.3, -0.25) is 20.4 Å². The second-order valence-corrected chi connectivity index (χ2v) is 6.46. The van der Waals surface area contributed by atoms with Crippen LogP contribution in [0.3, 0.4) is 0 Å². The second-order valence-electron chi connectivity index (χ2n) is 6.06. The molecule has 0 fully saturated rings. The van der Waals surface area contributed by atoms with Crippen molar-refractivity contribution < 1.29 is 9.59 Å². The summed E-state index contributed by atoms with van der Waals surface area (Å²) in [6, 6.07) is 16.3. The number of aromatic nitrogens is 2. The molecule has 0 unspecified atom stereocenters. The van der Waals surface area contributed by atoms with Gasteiger partial charge in [0, 0.05) is 11.3 Å². The molecule has 0 saturated heterocycles. The number of carbonyl (C=O) groups is 2. The van der Waals surface area contributed by atoms with Crippen molar-refractivity contribution in [3.63, 3.8) is 0 Å². The number of hydrogen-bond acceptors (Lipinski definition) is 3. The van der Waals surface area contributed by atoms with Crippen LogP contribution >= 0.6 is 11.6 Å². The third-order valence-corrected chi connectivity index (χ3v) is 4.54. The Balaban J connectivity index is 1.67. The highest BCUT2D eigenvalue weighted by Gasteiger charge is 2.17. The largest absolute Gasteiger partial charge is 0.273 e. The maximum Gasteiger partial charge on any atom is 0.271 e. The van der Waals surface area contributed by atoms with E-state index in [4.69, 9.17) is 11.6 Å². The van der Waals surface area contributed by atoms with Crippen LogP contribution in [-0.4, -0.2) is 21.6 Å². The summed E-state index contributed by atoms with van der Waals surface area (Å²) in [4.78, 5) is 24.4. The van der Waals surface area contributed by atoms with E-state index in [0.29, 0.717) is 10.6 Å². The fraction of sp³-hybridized carbons (Fsp3) is 0.150. The van der Waals surface area contributed by atoms with Crippen LogP contribution in [-0.2, 0) is 11.2 Å². The number of carbonyl (C=O) groups excluding carboxylic acids is 2. The zero-order valence-corrected chi connectivity index (χ0v) is 15.7. The first-order chi connectivity index (χ1) is 13.0. The van der Waals surface area contributed by atoms with E-state index in [0.717, 1.165) is 22.6 Å². The Morgan fingerprint density at radius 3 is 2.37 bits per heavy atom. The Morgan fingerprint density at radius 2 is 1.67 bits per heavy atom. The zero-order chi connectivity index (χ0) is 19.4. The number of nitrogens with one attached hydrogen (secondary N) is 2. The number of rotatable bonds is 4. The van der Waals surface area contributed by atoms with Gasteiger partial charge < -0.3 is 0 Å². The standard InChI is InChI=1S/C20H19ClN4O2/c1-13-17(14(2)25(24-13)15-8-4-3-5-9-15)12-19(26)22-23-20(27)16-10-6-7-11-18(16)21/h3-11H,12H2,1-2H3,(H,22,26)(H,23,27). The maximum atomic E-state index is 12.3. The van der Waals surface area contributed by atoms with Gasteiger partial charge in [0.25, 0.3) is 5.91 Å². The Hall–Kier alpha value is -3.12. The van der Waals surface area contributed by atoms with Crippen LogP contribution < -0.4 is 10.9 Å². The molecule has 1 heterocycles. The van der Waals surface area contributed by atoms with Crippen molar-refractivity contribution >= 4 is 23.4 Å². The summed E-state index contributed by atoms with van der Waals surface area (Å²) in [7, 11) is 0. The first-order valence-corrected chi connectivity index (χ1v) is 8.79.